The SMILES string of the molecule is Cc1nc(C)n(C[C@@H]2CCCN2)n1. The van der Waals surface area contributed by atoms with Gasteiger partial charge in [-0.25, -0.2) is 9.67 Å². The van der Waals surface area contributed by atoms with Crippen LogP contribution in [0.5, 0.6) is 0 Å². The highest BCUT2D eigenvalue weighted by Crippen LogP contribution is 2.08. The summed E-state index contributed by atoms with van der Waals surface area (Å²) >= 11 is 0. The summed E-state index contributed by atoms with van der Waals surface area (Å²) in [6.07, 6.45) is 2.55. The third-order valence-corrected chi connectivity index (χ3v) is 2.52. The quantitative estimate of drug-likeness (QED) is 0.726. The molecule has 0 amide bonds. The summed E-state index contributed by atoms with van der Waals surface area (Å²) < 4.78 is 2.00. The average molecular weight is 180 g/mol. The maximum absolute atomic E-state index is 4.34. The first kappa shape index (κ1) is 8.69. The zero-order chi connectivity index (χ0) is 9.26. The van der Waals surface area contributed by atoms with Crippen LogP contribution < -0.4 is 5.32 Å². The van der Waals surface area contributed by atoms with Gasteiger partial charge in [0.15, 0.2) is 0 Å². The number of nitrogens with one attached hydrogen (secondary N) is 1. The van der Waals surface area contributed by atoms with E-state index in [0.29, 0.717) is 6.04 Å². The van der Waals surface area contributed by atoms with Crippen molar-refractivity contribution in [1.29, 1.82) is 0 Å². The number of rotatable bonds is 2. The van der Waals surface area contributed by atoms with E-state index < -0.39 is 0 Å². The van der Waals surface area contributed by atoms with Gasteiger partial charge in [-0.3, -0.25) is 0 Å². The maximum Gasteiger partial charge on any atom is 0.147 e. The van der Waals surface area contributed by atoms with Crippen LogP contribution in [0.1, 0.15) is 24.5 Å². The first-order chi connectivity index (χ1) is 6.25. The molecule has 2 rings (SSSR count). The number of nitrogens with zero attached hydrogens (tertiary/aromatic N) is 3. The smallest absolute Gasteiger partial charge is 0.147 e. The molecule has 0 radical (unpaired) electrons. The maximum atomic E-state index is 4.34. The molecular formula is C9H16N4. The molecular weight excluding hydrogens is 164 g/mol. The number of aromatic nitrogens is 3. The molecule has 0 aliphatic carbocycles. The van der Waals surface area contributed by atoms with E-state index in [9.17, 15) is 0 Å². The molecule has 0 unspecified atom stereocenters. The first-order valence-electron chi connectivity index (χ1n) is 4.87. The molecule has 2 heterocycles. The van der Waals surface area contributed by atoms with Crippen molar-refractivity contribution in [1.82, 2.24) is 20.1 Å². The number of hydrogen-bond donors (Lipinski definition) is 1. The fraction of sp³-hybridized carbons (Fsp3) is 0.778. The molecule has 0 bridgehead atoms. The van der Waals surface area contributed by atoms with Crippen LogP contribution >= 0.6 is 0 Å². The minimum atomic E-state index is 0.597. The Morgan fingerprint density at radius 1 is 1.54 bits per heavy atom. The monoisotopic (exact) mass is 180 g/mol. The Hall–Kier alpha value is -0.900. The van der Waals surface area contributed by atoms with Crippen molar-refractivity contribution >= 4 is 0 Å². The van der Waals surface area contributed by atoms with E-state index in [1.54, 1.807) is 0 Å². The van der Waals surface area contributed by atoms with Crippen molar-refractivity contribution < 1.29 is 0 Å². The van der Waals surface area contributed by atoms with Crippen LogP contribution in [-0.4, -0.2) is 27.4 Å². The van der Waals surface area contributed by atoms with E-state index in [1.807, 2.05) is 18.5 Å². The highest BCUT2D eigenvalue weighted by Gasteiger charge is 2.15. The second-order valence-corrected chi connectivity index (χ2v) is 3.68. The average Bonchev–Trinajstić information content (AvgIpc) is 2.63. The lowest BCUT2D eigenvalue weighted by molar-refractivity contribution is 0.466. The van der Waals surface area contributed by atoms with Gasteiger partial charge in [-0.1, -0.05) is 0 Å². The van der Waals surface area contributed by atoms with Crippen LogP contribution in [0.15, 0.2) is 0 Å². The van der Waals surface area contributed by atoms with Gasteiger partial charge in [0.2, 0.25) is 0 Å². The van der Waals surface area contributed by atoms with Gasteiger partial charge < -0.3 is 5.32 Å². The fourth-order valence-corrected chi connectivity index (χ4v) is 1.86. The summed E-state index contributed by atoms with van der Waals surface area (Å²) in [6.45, 7) is 6.06. The highest BCUT2D eigenvalue weighted by atomic mass is 15.3. The third kappa shape index (κ3) is 1.88. The van der Waals surface area contributed by atoms with Crippen LogP contribution in [0.2, 0.25) is 0 Å². The lowest BCUT2D eigenvalue weighted by Crippen LogP contribution is -2.27. The molecule has 1 aliphatic heterocycles. The molecule has 0 saturated carbocycles. The highest BCUT2D eigenvalue weighted by molar-refractivity contribution is 4.89. The molecule has 4 nitrogen and oxygen atoms in total. The van der Waals surface area contributed by atoms with E-state index in [-0.39, 0.29) is 0 Å². The summed E-state index contributed by atoms with van der Waals surface area (Å²) in [5.41, 5.74) is 0. The molecule has 72 valence electrons. The van der Waals surface area contributed by atoms with Crippen molar-refractivity contribution in [3.63, 3.8) is 0 Å². The minimum Gasteiger partial charge on any atom is -0.312 e. The second-order valence-electron chi connectivity index (χ2n) is 3.68. The Balaban J connectivity index is 2.03. The van der Waals surface area contributed by atoms with E-state index >= 15 is 0 Å². The lowest BCUT2D eigenvalue weighted by Gasteiger charge is -2.10. The summed E-state index contributed by atoms with van der Waals surface area (Å²) in [7, 11) is 0. The van der Waals surface area contributed by atoms with E-state index in [1.165, 1.54) is 12.8 Å². The zero-order valence-electron chi connectivity index (χ0n) is 8.25. The Morgan fingerprint density at radius 2 is 2.38 bits per heavy atom. The molecule has 4 heteroatoms. The summed E-state index contributed by atoms with van der Waals surface area (Å²) in [6, 6.07) is 0.597. The molecule has 1 fully saturated rings. The predicted molar refractivity (Wildman–Crippen MR) is 50.5 cm³/mol. The van der Waals surface area contributed by atoms with Crippen LogP contribution in [-0.2, 0) is 6.54 Å². The molecule has 1 aromatic heterocycles. The van der Waals surface area contributed by atoms with Crippen LogP contribution in [0.3, 0.4) is 0 Å². The van der Waals surface area contributed by atoms with Gasteiger partial charge in [0, 0.05) is 6.04 Å². The summed E-state index contributed by atoms with van der Waals surface area (Å²) in [5.74, 6) is 1.89. The van der Waals surface area contributed by atoms with Crippen LogP contribution in [0, 0.1) is 13.8 Å². The van der Waals surface area contributed by atoms with Crippen molar-refractivity contribution in [3.05, 3.63) is 11.6 Å². The van der Waals surface area contributed by atoms with Crippen molar-refractivity contribution in [2.24, 2.45) is 0 Å². The van der Waals surface area contributed by atoms with Crippen molar-refractivity contribution in [3.8, 4) is 0 Å². The molecule has 1 aromatic rings. The second kappa shape index (κ2) is 3.46. The van der Waals surface area contributed by atoms with Crippen molar-refractivity contribution in [2.45, 2.75) is 39.3 Å². The Morgan fingerprint density at radius 3 is 2.92 bits per heavy atom. The Kier molecular flexibility index (Phi) is 2.31. The van der Waals surface area contributed by atoms with Gasteiger partial charge in [0.05, 0.1) is 6.54 Å². The summed E-state index contributed by atoms with van der Waals surface area (Å²) in [5, 5.41) is 7.79. The van der Waals surface area contributed by atoms with Gasteiger partial charge in [-0.05, 0) is 33.2 Å². The van der Waals surface area contributed by atoms with Gasteiger partial charge in [-0.2, -0.15) is 5.10 Å². The fourth-order valence-electron chi connectivity index (χ4n) is 1.86. The molecule has 0 aromatic carbocycles. The van der Waals surface area contributed by atoms with Gasteiger partial charge in [0.25, 0.3) is 0 Å². The topological polar surface area (TPSA) is 42.7 Å². The molecule has 1 N–H and O–H groups in total. The standard InChI is InChI=1S/C9H16N4/c1-7-11-8(2)13(12-7)6-9-4-3-5-10-9/h9-10H,3-6H2,1-2H3/t9-/m0/s1. The van der Waals surface area contributed by atoms with Crippen molar-refractivity contribution in [2.75, 3.05) is 6.54 Å². The Labute approximate surface area is 78.4 Å². The molecule has 1 atom stereocenters. The van der Waals surface area contributed by atoms with E-state index in [4.69, 9.17) is 0 Å². The Bertz CT molecular complexity index is 286. The predicted octanol–water partition coefficient (Wildman–Crippen LogP) is 0.647. The molecule has 1 saturated heterocycles. The minimum absolute atomic E-state index is 0.597. The summed E-state index contributed by atoms with van der Waals surface area (Å²) in [4.78, 5) is 4.28. The van der Waals surface area contributed by atoms with Gasteiger partial charge in [-0.15, -0.1) is 0 Å². The number of hydrogen-bond acceptors (Lipinski definition) is 3. The molecule has 0 spiro atoms. The lowest BCUT2D eigenvalue weighted by atomic mass is 10.2. The molecule has 1 aliphatic rings. The largest absolute Gasteiger partial charge is 0.312 e. The number of aryl methyl sites for hydroxylation is 2. The van der Waals surface area contributed by atoms with Gasteiger partial charge >= 0.3 is 0 Å². The first-order valence-corrected chi connectivity index (χ1v) is 4.87. The van der Waals surface area contributed by atoms with Gasteiger partial charge in [0.1, 0.15) is 11.6 Å². The van der Waals surface area contributed by atoms with E-state index in [0.717, 1.165) is 24.7 Å². The van der Waals surface area contributed by atoms with E-state index in [2.05, 4.69) is 15.4 Å². The zero-order valence-corrected chi connectivity index (χ0v) is 8.25. The normalized spacial score (nSPS) is 22.5. The van der Waals surface area contributed by atoms with Crippen LogP contribution in [0.4, 0.5) is 0 Å². The third-order valence-electron chi connectivity index (χ3n) is 2.52. The van der Waals surface area contributed by atoms with Crippen LogP contribution in [0.25, 0.3) is 0 Å². The molecule has 13 heavy (non-hydrogen) atoms.